The van der Waals surface area contributed by atoms with Crippen LogP contribution in [0.2, 0.25) is 0 Å². The standard InChI is InChI=1S/C16H25N3O2S2.C2H2O4/c1-4-6-9-13(16(20)21-5-2)22-15-14(17-23-18-15)12-8-7-10-19(3)11-12;3-1(4)2(5)6/h8,13H,4-7,9-11H2,1-3H3;(H,3,4)(H,5,6). The average Bonchev–Trinajstić information content (AvgIpc) is 3.14. The highest BCUT2D eigenvalue weighted by Crippen LogP contribution is 2.33. The highest BCUT2D eigenvalue weighted by Gasteiger charge is 2.25. The minimum Gasteiger partial charge on any atom is -0.473 e. The van der Waals surface area contributed by atoms with E-state index in [1.54, 1.807) is 0 Å². The van der Waals surface area contributed by atoms with Crippen LogP contribution < -0.4 is 0 Å². The van der Waals surface area contributed by atoms with E-state index in [4.69, 9.17) is 24.5 Å². The fourth-order valence-electron chi connectivity index (χ4n) is 2.50. The number of aliphatic carboxylic acids is 2. The summed E-state index contributed by atoms with van der Waals surface area (Å²) in [6.45, 7) is 6.35. The zero-order chi connectivity index (χ0) is 21.8. The number of carboxylic acid groups (broad SMARTS) is 2. The Bertz CT molecular complexity index is 710. The van der Waals surface area contributed by atoms with Gasteiger partial charge in [0.15, 0.2) is 0 Å². The van der Waals surface area contributed by atoms with E-state index in [2.05, 4.69) is 33.7 Å². The van der Waals surface area contributed by atoms with Crippen LogP contribution in [0.1, 0.15) is 45.2 Å². The molecule has 11 heteroatoms. The predicted octanol–water partition coefficient (Wildman–Crippen LogP) is 2.63. The van der Waals surface area contributed by atoms with E-state index in [1.165, 1.54) is 29.1 Å². The van der Waals surface area contributed by atoms with Gasteiger partial charge in [0.1, 0.15) is 16.0 Å². The molecule has 0 bridgehead atoms. The summed E-state index contributed by atoms with van der Waals surface area (Å²) in [5.74, 6) is -3.79. The highest BCUT2D eigenvalue weighted by molar-refractivity contribution is 8.00. The first-order valence-corrected chi connectivity index (χ1v) is 10.9. The van der Waals surface area contributed by atoms with Gasteiger partial charge in [-0.2, -0.15) is 8.75 Å². The third kappa shape index (κ3) is 8.92. The predicted molar refractivity (Wildman–Crippen MR) is 111 cm³/mol. The third-order valence-corrected chi connectivity index (χ3v) is 5.78. The Morgan fingerprint density at radius 2 is 1.97 bits per heavy atom. The number of carbonyl (C=O) groups is 3. The number of aromatic nitrogens is 2. The average molecular weight is 446 g/mol. The van der Waals surface area contributed by atoms with Crippen molar-refractivity contribution in [2.75, 3.05) is 26.7 Å². The zero-order valence-corrected chi connectivity index (χ0v) is 18.4. The number of carboxylic acids is 2. The molecule has 29 heavy (non-hydrogen) atoms. The molecule has 0 aromatic carbocycles. The van der Waals surface area contributed by atoms with Crippen molar-refractivity contribution in [1.82, 2.24) is 13.6 Å². The van der Waals surface area contributed by atoms with Gasteiger partial charge in [0.05, 0.1) is 18.3 Å². The molecule has 1 aliphatic rings. The first-order chi connectivity index (χ1) is 13.8. The van der Waals surface area contributed by atoms with E-state index in [0.717, 1.165) is 49.5 Å². The molecule has 2 rings (SSSR count). The SMILES string of the molecule is CCCCC(Sc1nsnc1C1=CCCN(C)C1)C(=O)OCC.O=C(O)C(=O)O. The molecule has 1 aliphatic heterocycles. The second-order valence-corrected chi connectivity index (χ2v) is 8.00. The summed E-state index contributed by atoms with van der Waals surface area (Å²) >= 11 is 2.73. The van der Waals surface area contributed by atoms with Gasteiger partial charge >= 0.3 is 17.9 Å². The molecule has 0 radical (unpaired) electrons. The van der Waals surface area contributed by atoms with Gasteiger partial charge in [-0.05, 0) is 32.4 Å². The Labute approximate surface area is 178 Å². The molecule has 0 spiro atoms. The lowest BCUT2D eigenvalue weighted by molar-refractivity contribution is -0.159. The lowest BCUT2D eigenvalue weighted by Gasteiger charge is -2.22. The van der Waals surface area contributed by atoms with Crippen molar-refractivity contribution in [1.29, 1.82) is 0 Å². The summed E-state index contributed by atoms with van der Waals surface area (Å²) in [4.78, 5) is 32.7. The van der Waals surface area contributed by atoms with Crippen LogP contribution in [-0.2, 0) is 19.1 Å². The summed E-state index contributed by atoms with van der Waals surface area (Å²) in [6, 6.07) is 0. The molecule has 0 amide bonds. The maximum atomic E-state index is 12.2. The number of nitrogens with zero attached hydrogens (tertiary/aromatic N) is 3. The molecular weight excluding hydrogens is 418 g/mol. The Morgan fingerprint density at radius 1 is 1.28 bits per heavy atom. The summed E-state index contributed by atoms with van der Waals surface area (Å²) in [7, 11) is 2.11. The van der Waals surface area contributed by atoms with Crippen LogP contribution in [0.4, 0.5) is 0 Å². The number of likely N-dealkylation sites (N-methyl/N-ethyl adjacent to an activating group) is 1. The Morgan fingerprint density at radius 3 is 2.52 bits per heavy atom. The van der Waals surface area contributed by atoms with Crippen molar-refractivity contribution in [3.8, 4) is 0 Å². The van der Waals surface area contributed by atoms with E-state index in [9.17, 15) is 4.79 Å². The quantitative estimate of drug-likeness (QED) is 0.350. The molecule has 1 aromatic rings. The Balaban J connectivity index is 0.000000612. The maximum Gasteiger partial charge on any atom is 0.414 e. The van der Waals surface area contributed by atoms with Gasteiger partial charge in [0.2, 0.25) is 0 Å². The number of esters is 1. The van der Waals surface area contributed by atoms with Gasteiger partial charge < -0.3 is 19.8 Å². The first kappa shape index (κ1) is 25.1. The number of carbonyl (C=O) groups excluding carboxylic acids is 1. The molecule has 0 saturated carbocycles. The zero-order valence-electron chi connectivity index (χ0n) is 16.8. The largest absolute Gasteiger partial charge is 0.473 e. The van der Waals surface area contributed by atoms with E-state index >= 15 is 0 Å². The normalized spacial score (nSPS) is 14.9. The molecule has 1 aromatic heterocycles. The van der Waals surface area contributed by atoms with Crippen LogP contribution in [0.25, 0.3) is 5.57 Å². The van der Waals surface area contributed by atoms with Crippen LogP contribution in [-0.4, -0.2) is 73.8 Å². The minimum absolute atomic E-state index is 0.139. The van der Waals surface area contributed by atoms with Crippen molar-refractivity contribution in [3.63, 3.8) is 0 Å². The lowest BCUT2D eigenvalue weighted by atomic mass is 10.1. The van der Waals surface area contributed by atoms with Crippen molar-refractivity contribution in [2.24, 2.45) is 0 Å². The first-order valence-electron chi connectivity index (χ1n) is 9.30. The fourth-order valence-corrected chi connectivity index (χ4v) is 4.33. The van der Waals surface area contributed by atoms with E-state index in [-0.39, 0.29) is 11.2 Å². The fraction of sp³-hybridized carbons (Fsp3) is 0.611. The number of hydrogen-bond donors (Lipinski definition) is 2. The number of rotatable bonds is 8. The third-order valence-electron chi connectivity index (χ3n) is 3.91. The molecule has 1 unspecified atom stereocenters. The van der Waals surface area contributed by atoms with Gasteiger partial charge in [-0.3, -0.25) is 4.79 Å². The maximum absolute atomic E-state index is 12.2. The van der Waals surface area contributed by atoms with Crippen molar-refractivity contribution >= 4 is 47.0 Å². The van der Waals surface area contributed by atoms with Crippen LogP contribution in [0, 0.1) is 0 Å². The van der Waals surface area contributed by atoms with Gasteiger partial charge in [0, 0.05) is 13.1 Å². The van der Waals surface area contributed by atoms with Gasteiger partial charge in [-0.15, -0.1) is 0 Å². The second kappa shape index (κ2) is 13.3. The molecule has 162 valence electrons. The van der Waals surface area contributed by atoms with Crippen molar-refractivity contribution in [3.05, 3.63) is 11.8 Å². The van der Waals surface area contributed by atoms with Crippen molar-refractivity contribution < 1.29 is 29.3 Å². The molecule has 0 saturated heterocycles. The summed E-state index contributed by atoms with van der Waals surface area (Å²) in [5, 5.41) is 15.5. The number of unbranched alkanes of at least 4 members (excludes halogenated alkanes) is 1. The van der Waals surface area contributed by atoms with Gasteiger partial charge in [-0.1, -0.05) is 37.6 Å². The smallest absolute Gasteiger partial charge is 0.414 e. The monoisotopic (exact) mass is 445 g/mol. The molecule has 0 fully saturated rings. The molecule has 1 atom stereocenters. The number of ether oxygens (including phenoxy) is 1. The molecule has 9 nitrogen and oxygen atoms in total. The molecular formula is C18H27N3O6S2. The Hall–Kier alpha value is -1.98. The van der Waals surface area contributed by atoms with E-state index < -0.39 is 11.9 Å². The molecule has 0 aliphatic carbocycles. The summed E-state index contributed by atoms with van der Waals surface area (Å²) < 4.78 is 14.1. The van der Waals surface area contributed by atoms with E-state index in [1.807, 2.05) is 6.92 Å². The second-order valence-electron chi connectivity index (χ2n) is 6.28. The number of thioether (sulfide) groups is 1. The van der Waals surface area contributed by atoms with Crippen LogP contribution in [0.15, 0.2) is 11.1 Å². The topological polar surface area (TPSA) is 130 Å². The van der Waals surface area contributed by atoms with Crippen LogP contribution in [0.5, 0.6) is 0 Å². The minimum atomic E-state index is -1.82. The Kier molecular flexibility index (Phi) is 11.5. The van der Waals surface area contributed by atoms with Gasteiger partial charge in [0.25, 0.3) is 0 Å². The van der Waals surface area contributed by atoms with Crippen LogP contribution in [0.3, 0.4) is 0 Å². The molecule has 2 heterocycles. The van der Waals surface area contributed by atoms with Gasteiger partial charge in [-0.25, -0.2) is 9.59 Å². The lowest BCUT2D eigenvalue weighted by Crippen LogP contribution is -2.25. The number of hydrogen-bond acceptors (Lipinski definition) is 9. The van der Waals surface area contributed by atoms with E-state index in [0.29, 0.717) is 6.61 Å². The summed E-state index contributed by atoms with van der Waals surface area (Å²) in [6.07, 6.45) is 6.16. The van der Waals surface area contributed by atoms with Crippen molar-refractivity contribution in [2.45, 2.75) is 49.8 Å². The highest BCUT2D eigenvalue weighted by atomic mass is 32.2. The molecule has 2 N–H and O–H groups in total. The summed E-state index contributed by atoms with van der Waals surface area (Å²) in [5.41, 5.74) is 2.16. The van der Waals surface area contributed by atoms with Crippen LogP contribution >= 0.6 is 23.5 Å².